The lowest BCUT2D eigenvalue weighted by Crippen LogP contribution is -2.41. The Morgan fingerprint density at radius 2 is 1.93 bits per heavy atom. The number of benzene rings is 1. The number of hydrogen-bond acceptors (Lipinski definition) is 1. The van der Waals surface area contributed by atoms with E-state index in [0.717, 1.165) is 13.0 Å². The quantitative estimate of drug-likeness (QED) is 0.664. The lowest BCUT2D eigenvalue weighted by molar-refractivity contribution is -0.489. The lowest BCUT2D eigenvalue weighted by Gasteiger charge is -2.20. The number of nitrogens with zero attached hydrogens (tertiary/aromatic N) is 1. The molecule has 0 amide bonds. The molecule has 0 spiro atoms. The molecule has 1 aliphatic heterocycles. The number of nitrogens with two attached hydrogens (primary N) is 1. The second kappa shape index (κ2) is 3.21. The summed E-state index contributed by atoms with van der Waals surface area (Å²) in [6, 6.07) is 10.4. The van der Waals surface area contributed by atoms with Gasteiger partial charge in [0.15, 0.2) is 5.71 Å². The Labute approximate surface area is 85.1 Å². The smallest absolute Gasteiger partial charge is 0.173 e. The Kier molecular flexibility index (Phi) is 2.16. The van der Waals surface area contributed by atoms with E-state index >= 15 is 0 Å². The Balaban J connectivity index is 2.45. The van der Waals surface area contributed by atoms with Crippen LogP contribution in [0.15, 0.2) is 30.3 Å². The maximum absolute atomic E-state index is 6.44. The highest BCUT2D eigenvalue weighted by Gasteiger charge is 2.41. The fourth-order valence-corrected chi connectivity index (χ4v) is 2.12. The minimum absolute atomic E-state index is 0.240. The monoisotopic (exact) mass is 189 g/mol. The van der Waals surface area contributed by atoms with Crippen molar-refractivity contribution in [1.82, 2.24) is 0 Å². The van der Waals surface area contributed by atoms with E-state index in [-0.39, 0.29) is 5.54 Å². The molecule has 2 heteroatoms. The fraction of sp³-hybridized carbons (Fsp3) is 0.417. The molecule has 0 saturated carbocycles. The van der Waals surface area contributed by atoms with Crippen molar-refractivity contribution < 1.29 is 4.58 Å². The second-order valence-electron chi connectivity index (χ2n) is 4.09. The molecular weight excluding hydrogens is 172 g/mol. The van der Waals surface area contributed by atoms with Crippen LogP contribution in [0.5, 0.6) is 0 Å². The van der Waals surface area contributed by atoms with Gasteiger partial charge >= 0.3 is 0 Å². The Morgan fingerprint density at radius 1 is 1.29 bits per heavy atom. The van der Waals surface area contributed by atoms with Gasteiger partial charge < -0.3 is 5.73 Å². The second-order valence-corrected chi connectivity index (χ2v) is 4.09. The van der Waals surface area contributed by atoms with Gasteiger partial charge in [0.05, 0.1) is 0 Å². The van der Waals surface area contributed by atoms with E-state index in [4.69, 9.17) is 5.73 Å². The third-order valence-corrected chi connectivity index (χ3v) is 3.35. The zero-order valence-corrected chi connectivity index (χ0v) is 8.83. The van der Waals surface area contributed by atoms with Gasteiger partial charge in [-0.3, -0.25) is 0 Å². The van der Waals surface area contributed by atoms with Crippen molar-refractivity contribution in [2.75, 3.05) is 13.6 Å². The summed E-state index contributed by atoms with van der Waals surface area (Å²) in [7, 11) is 2.10. The van der Waals surface area contributed by atoms with Gasteiger partial charge in [0.1, 0.15) is 19.1 Å². The zero-order chi connectivity index (χ0) is 10.2. The van der Waals surface area contributed by atoms with Crippen LogP contribution in [0.1, 0.15) is 18.9 Å². The van der Waals surface area contributed by atoms with Crippen molar-refractivity contribution in [3.8, 4) is 0 Å². The molecule has 1 heterocycles. The molecule has 0 fully saturated rings. The van der Waals surface area contributed by atoms with Crippen molar-refractivity contribution in [1.29, 1.82) is 0 Å². The van der Waals surface area contributed by atoms with Crippen molar-refractivity contribution in [2.45, 2.75) is 18.9 Å². The predicted octanol–water partition coefficient (Wildman–Crippen LogP) is 1.35. The topological polar surface area (TPSA) is 29.0 Å². The molecule has 1 aliphatic rings. The van der Waals surface area contributed by atoms with E-state index in [1.165, 1.54) is 11.3 Å². The molecule has 74 valence electrons. The molecule has 2 nitrogen and oxygen atoms in total. The summed E-state index contributed by atoms with van der Waals surface area (Å²) in [5.41, 5.74) is 8.69. The number of rotatable bonds is 1. The number of hydrogen-bond donors (Lipinski definition) is 1. The molecule has 0 radical (unpaired) electrons. The maximum atomic E-state index is 6.44. The van der Waals surface area contributed by atoms with Crippen LogP contribution in [0.4, 0.5) is 0 Å². The molecule has 14 heavy (non-hydrogen) atoms. The first-order chi connectivity index (χ1) is 6.64. The van der Waals surface area contributed by atoms with Crippen molar-refractivity contribution in [3.63, 3.8) is 0 Å². The highest BCUT2D eigenvalue weighted by molar-refractivity contribution is 5.89. The zero-order valence-electron chi connectivity index (χ0n) is 8.83. The van der Waals surface area contributed by atoms with Gasteiger partial charge in [-0.15, -0.1) is 0 Å². The van der Waals surface area contributed by atoms with Crippen molar-refractivity contribution >= 4 is 5.71 Å². The Hall–Kier alpha value is -1.15. The standard InChI is InChI=1S/C12H17N2/c1-10-12(13,8-9-14(10)2)11-6-4-3-5-7-11/h3-7H,8-9,13H2,1-2H3/q+1. The molecule has 0 saturated heterocycles. The van der Waals surface area contributed by atoms with Crippen LogP contribution in [0.3, 0.4) is 0 Å². The van der Waals surface area contributed by atoms with Crippen LogP contribution in [0.25, 0.3) is 0 Å². The predicted molar refractivity (Wildman–Crippen MR) is 58.7 cm³/mol. The molecular formula is C12H17N2+. The van der Waals surface area contributed by atoms with E-state index in [2.05, 4.69) is 42.8 Å². The van der Waals surface area contributed by atoms with Gasteiger partial charge in [0.2, 0.25) is 0 Å². The Morgan fingerprint density at radius 3 is 2.43 bits per heavy atom. The summed E-state index contributed by atoms with van der Waals surface area (Å²) in [5, 5.41) is 0. The first-order valence-electron chi connectivity index (χ1n) is 5.04. The summed E-state index contributed by atoms with van der Waals surface area (Å²) in [6.45, 7) is 3.18. The van der Waals surface area contributed by atoms with Gasteiger partial charge in [-0.05, 0) is 5.56 Å². The average molecular weight is 189 g/mol. The fourth-order valence-electron chi connectivity index (χ4n) is 2.12. The van der Waals surface area contributed by atoms with E-state index in [1.54, 1.807) is 0 Å². The highest BCUT2D eigenvalue weighted by Crippen LogP contribution is 2.27. The van der Waals surface area contributed by atoms with Crippen LogP contribution in [-0.2, 0) is 5.54 Å². The van der Waals surface area contributed by atoms with Crippen LogP contribution in [0.2, 0.25) is 0 Å². The molecule has 1 unspecified atom stereocenters. The normalized spacial score (nSPS) is 27.1. The molecule has 1 aromatic rings. The minimum atomic E-state index is -0.240. The van der Waals surface area contributed by atoms with Crippen LogP contribution < -0.4 is 5.73 Å². The summed E-state index contributed by atoms with van der Waals surface area (Å²) in [4.78, 5) is 0. The van der Waals surface area contributed by atoms with E-state index in [9.17, 15) is 0 Å². The van der Waals surface area contributed by atoms with Gasteiger partial charge in [-0.25, -0.2) is 4.58 Å². The van der Waals surface area contributed by atoms with Gasteiger partial charge in [-0.2, -0.15) is 0 Å². The molecule has 2 N–H and O–H groups in total. The molecule has 0 aromatic heterocycles. The van der Waals surface area contributed by atoms with Crippen LogP contribution in [-0.4, -0.2) is 23.9 Å². The third kappa shape index (κ3) is 1.26. The minimum Gasteiger partial charge on any atom is -0.313 e. The SMILES string of the molecule is CC1=[N+](C)CCC1(N)c1ccccc1. The van der Waals surface area contributed by atoms with Crippen LogP contribution >= 0.6 is 0 Å². The third-order valence-electron chi connectivity index (χ3n) is 3.35. The van der Waals surface area contributed by atoms with Crippen molar-refractivity contribution in [2.24, 2.45) is 5.73 Å². The van der Waals surface area contributed by atoms with Crippen LogP contribution in [0, 0.1) is 0 Å². The van der Waals surface area contributed by atoms with Gasteiger partial charge in [0, 0.05) is 13.3 Å². The van der Waals surface area contributed by atoms with E-state index < -0.39 is 0 Å². The summed E-state index contributed by atoms with van der Waals surface area (Å²) in [6.07, 6.45) is 1.01. The average Bonchev–Trinajstić information content (AvgIpc) is 2.49. The highest BCUT2D eigenvalue weighted by atomic mass is 15.1. The molecule has 1 aromatic carbocycles. The Bertz CT molecular complexity index is 367. The molecule has 0 bridgehead atoms. The van der Waals surface area contributed by atoms with Gasteiger partial charge in [-0.1, -0.05) is 30.3 Å². The lowest BCUT2D eigenvalue weighted by atomic mass is 9.86. The van der Waals surface area contributed by atoms with Gasteiger partial charge in [0.25, 0.3) is 0 Å². The summed E-state index contributed by atoms with van der Waals surface area (Å²) in [5.74, 6) is 0. The van der Waals surface area contributed by atoms with E-state index in [0.29, 0.717) is 0 Å². The first kappa shape index (κ1) is 9.41. The molecule has 1 atom stereocenters. The largest absolute Gasteiger partial charge is 0.313 e. The van der Waals surface area contributed by atoms with Crippen molar-refractivity contribution in [3.05, 3.63) is 35.9 Å². The molecule has 2 rings (SSSR count). The summed E-state index contributed by atoms with van der Waals surface area (Å²) < 4.78 is 2.24. The van der Waals surface area contributed by atoms with E-state index in [1.807, 2.05) is 6.07 Å². The summed E-state index contributed by atoms with van der Waals surface area (Å²) >= 11 is 0. The first-order valence-corrected chi connectivity index (χ1v) is 5.04. The maximum Gasteiger partial charge on any atom is 0.173 e. The molecule has 0 aliphatic carbocycles.